The molecular formula is C15H28N2O4. The lowest BCUT2D eigenvalue weighted by atomic mass is 9.99. The summed E-state index contributed by atoms with van der Waals surface area (Å²) in [5.74, 6) is -0.385. The smallest absolute Gasteiger partial charge is 0.412 e. The van der Waals surface area contributed by atoms with Gasteiger partial charge >= 0.3 is 6.09 Å². The molecule has 2 amide bonds. The van der Waals surface area contributed by atoms with Crippen molar-refractivity contribution >= 4 is 12.0 Å². The maximum Gasteiger partial charge on any atom is 0.412 e. The first-order valence-corrected chi connectivity index (χ1v) is 7.24. The Kier molecular flexibility index (Phi) is 4.93. The Morgan fingerprint density at radius 2 is 1.86 bits per heavy atom. The van der Waals surface area contributed by atoms with Gasteiger partial charge in [0.25, 0.3) is 0 Å². The van der Waals surface area contributed by atoms with Crippen molar-refractivity contribution in [1.29, 1.82) is 0 Å². The molecule has 1 rings (SSSR count). The molecule has 0 aromatic carbocycles. The number of nitrogens with zero attached hydrogens (tertiary/aromatic N) is 2. The lowest BCUT2D eigenvalue weighted by molar-refractivity contribution is -0.134. The van der Waals surface area contributed by atoms with E-state index in [4.69, 9.17) is 9.47 Å². The van der Waals surface area contributed by atoms with Crippen molar-refractivity contribution in [3.8, 4) is 0 Å². The Hall–Kier alpha value is -1.30. The fourth-order valence-electron chi connectivity index (χ4n) is 2.44. The van der Waals surface area contributed by atoms with E-state index in [1.807, 2.05) is 41.5 Å². The number of rotatable bonds is 2. The van der Waals surface area contributed by atoms with Crippen LogP contribution in [0.2, 0.25) is 0 Å². The minimum Gasteiger partial charge on any atom is -0.444 e. The lowest BCUT2D eigenvalue weighted by Gasteiger charge is -2.37. The summed E-state index contributed by atoms with van der Waals surface area (Å²) >= 11 is 0. The maximum atomic E-state index is 12.5. The van der Waals surface area contributed by atoms with Crippen molar-refractivity contribution in [2.24, 2.45) is 5.92 Å². The van der Waals surface area contributed by atoms with Gasteiger partial charge in [-0.3, -0.25) is 9.69 Å². The van der Waals surface area contributed by atoms with Crippen molar-refractivity contribution in [1.82, 2.24) is 9.80 Å². The van der Waals surface area contributed by atoms with Crippen LogP contribution in [-0.4, -0.2) is 59.9 Å². The second-order valence-electron chi connectivity index (χ2n) is 7.20. The Morgan fingerprint density at radius 3 is 2.29 bits per heavy atom. The first kappa shape index (κ1) is 17.8. The number of hydrogen-bond donors (Lipinski definition) is 0. The monoisotopic (exact) mass is 300 g/mol. The molecule has 0 aromatic heterocycles. The van der Waals surface area contributed by atoms with E-state index < -0.39 is 17.4 Å². The molecule has 0 saturated carbocycles. The molecule has 0 radical (unpaired) electrons. The summed E-state index contributed by atoms with van der Waals surface area (Å²) in [5.41, 5.74) is -1.37. The molecule has 1 aliphatic heterocycles. The van der Waals surface area contributed by atoms with Crippen LogP contribution in [0.1, 0.15) is 41.5 Å². The highest BCUT2D eigenvalue weighted by molar-refractivity contribution is 5.80. The number of amides is 2. The molecule has 0 spiro atoms. The van der Waals surface area contributed by atoms with Crippen LogP contribution in [0, 0.1) is 5.92 Å². The first-order chi connectivity index (χ1) is 9.37. The van der Waals surface area contributed by atoms with Gasteiger partial charge in [-0.05, 0) is 34.6 Å². The largest absolute Gasteiger partial charge is 0.444 e. The van der Waals surface area contributed by atoms with E-state index in [1.54, 1.807) is 19.0 Å². The van der Waals surface area contributed by atoms with Crippen LogP contribution in [0.3, 0.4) is 0 Å². The van der Waals surface area contributed by atoms with E-state index in [-0.39, 0.29) is 17.9 Å². The van der Waals surface area contributed by atoms with Crippen LogP contribution < -0.4 is 0 Å². The van der Waals surface area contributed by atoms with Gasteiger partial charge in [0, 0.05) is 14.1 Å². The molecular weight excluding hydrogens is 272 g/mol. The van der Waals surface area contributed by atoms with Crippen molar-refractivity contribution in [3.63, 3.8) is 0 Å². The Labute approximate surface area is 127 Å². The third-order valence-corrected chi connectivity index (χ3v) is 3.52. The van der Waals surface area contributed by atoms with Crippen LogP contribution >= 0.6 is 0 Å². The predicted molar refractivity (Wildman–Crippen MR) is 79.8 cm³/mol. The summed E-state index contributed by atoms with van der Waals surface area (Å²) in [6, 6.07) is -0.329. The van der Waals surface area contributed by atoms with E-state index >= 15 is 0 Å². The molecule has 0 N–H and O–H groups in total. The van der Waals surface area contributed by atoms with Crippen molar-refractivity contribution in [2.45, 2.75) is 58.9 Å². The fourth-order valence-corrected chi connectivity index (χ4v) is 2.44. The molecule has 122 valence electrons. The molecule has 1 unspecified atom stereocenters. The van der Waals surface area contributed by atoms with Gasteiger partial charge in [-0.25, -0.2) is 4.79 Å². The molecule has 0 bridgehead atoms. The second-order valence-corrected chi connectivity index (χ2v) is 7.20. The van der Waals surface area contributed by atoms with E-state index in [1.165, 1.54) is 4.90 Å². The van der Waals surface area contributed by atoms with Gasteiger partial charge in [0.15, 0.2) is 0 Å². The highest BCUT2D eigenvalue weighted by Crippen LogP contribution is 2.33. The number of hydrogen-bond acceptors (Lipinski definition) is 4. The minimum atomic E-state index is -0.784. The van der Waals surface area contributed by atoms with E-state index in [2.05, 4.69) is 0 Å². The van der Waals surface area contributed by atoms with Gasteiger partial charge in [0.2, 0.25) is 5.91 Å². The molecule has 1 fully saturated rings. The SMILES string of the molecule is CC(C(=O)N(C)C)[C@@H]1COC(C)(C)N1C(=O)OC(C)(C)C. The molecule has 6 nitrogen and oxygen atoms in total. The second kappa shape index (κ2) is 5.83. The standard InChI is InChI=1S/C15H28N2O4/c1-10(12(18)16(7)8)11-9-20-15(5,6)17(11)13(19)21-14(2,3)4/h10-11H,9H2,1-8H3/t10?,11-/m0/s1. The average molecular weight is 300 g/mol. The van der Waals surface area contributed by atoms with Crippen molar-refractivity contribution in [2.75, 3.05) is 20.7 Å². The topological polar surface area (TPSA) is 59.1 Å². The van der Waals surface area contributed by atoms with Gasteiger partial charge in [-0.1, -0.05) is 6.92 Å². The molecule has 1 aliphatic rings. The van der Waals surface area contributed by atoms with Gasteiger partial charge in [-0.2, -0.15) is 0 Å². The van der Waals surface area contributed by atoms with Crippen LogP contribution in [0.15, 0.2) is 0 Å². The number of carbonyl (C=O) groups is 2. The molecule has 6 heteroatoms. The zero-order chi connectivity index (χ0) is 16.6. The number of ether oxygens (including phenoxy) is 2. The zero-order valence-corrected chi connectivity index (χ0v) is 14.4. The summed E-state index contributed by atoms with van der Waals surface area (Å²) in [6.45, 7) is 11.2. The normalized spacial score (nSPS) is 22.9. The highest BCUT2D eigenvalue weighted by Gasteiger charge is 2.49. The fraction of sp³-hybridized carbons (Fsp3) is 0.867. The van der Waals surface area contributed by atoms with Gasteiger partial charge in [0.05, 0.1) is 18.6 Å². The van der Waals surface area contributed by atoms with E-state index in [9.17, 15) is 9.59 Å². The minimum absolute atomic E-state index is 0.0325. The average Bonchev–Trinajstić information content (AvgIpc) is 2.60. The summed E-state index contributed by atoms with van der Waals surface area (Å²) < 4.78 is 11.2. The maximum absolute atomic E-state index is 12.5. The van der Waals surface area contributed by atoms with Crippen LogP contribution in [0.4, 0.5) is 4.79 Å². The summed E-state index contributed by atoms with van der Waals surface area (Å²) in [7, 11) is 3.41. The van der Waals surface area contributed by atoms with Crippen molar-refractivity contribution in [3.05, 3.63) is 0 Å². The Balaban J connectivity index is 2.99. The van der Waals surface area contributed by atoms with E-state index in [0.29, 0.717) is 6.61 Å². The van der Waals surface area contributed by atoms with Gasteiger partial charge in [-0.15, -0.1) is 0 Å². The highest BCUT2D eigenvalue weighted by atomic mass is 16.6. The molecule has 0 aliphatic carbocycles. The number of carbonyl (C=O) groups excluding carboxylic acids is 2. The molecule has 21 heavy (non-hydrogen) atoms. The third-order valence-electron chi connectivity index (χ3n) is 3.52. The zero-order valence-electron chi connectivity index (χ0n) is 14.4. The van der Waals surface area contributed by atoms with Crippen LogP contribution in [0.5, 0.6) is 0 Å². The third kappa shape index (κ3) is 4.09. The lowest BCUT2D eigenvalue weighted by Crippen LogP contribution is -2.53. The van der Waals surface area contributed by atoms with Crippen LogP contribution in [-0.2, 0) is 14.3 Å². The molecule has 2 atom stereocenters. The van der Waals surface area contributed by atoms with Crippen molar-refractivity contribution < 1.29 is 19.1 Å². The summed E-state index contributed by atoms with van der Waals surface area (Å²) in [5, 5.41) is 0. The molecule has 1 saturated heterocycles. The quantitative estimate of drug-likeness (QED) is 0.783. The molecule has 1 heterocycles. The summed E-state index contributed by atoms with van der Waals surface area (Å²) in [4.78, 5) is 27.7. The Morgan fingerprint density at radius 1 is 1.33 bits per heavy atom. The van der Waals surface area contributed by atoms with Crippen LogP contribution in [0.25, 0.3) is 0 Å². The first-order valence-electron chi connectivity index (χ1n) is 7.24. The Bertz CT molecular complexity index is 412. The predicted octanol–water partition coefficient (Wildman–Crippen LogP) is 2.08. The summed E-state index contributed by atoms with van der Waals surface area (Å²) in [6.07, 6.45) is -0.451. The van der Waals surface area contributed by atoms with E-state index in [0.717, 1.165) is 0 Å². The van der Waals surface area contributed by atoms with Gasteiger partial charge < -0.3 is 14.4 Å². The molecule has 0 aromatic rings. The van der Waals surface area contributed by atoms with Gasteiger partial charge in [0.1, 0.15) is 11.3 Å².